The largest absolute Gasteiger partial charge is 0.401 e. The van der Waals surface area contributed by atoms with Crippen molar-refractivity contribution in [2.45, 2.75) is 40.7 Å². The van der Waals surface area contributed by atoms with Crippen LogP contribution in [0.1, 0.15) is 34.6 Å². The Balaban J connectivity index is 4.97. The maximum absolute atomic E-state index is 5.77. The van der Waals surface area contributed by atoms with Gasteiger partial charge < -0.3 is 5.73 Å². The van der Waals surface area contributed by atoms with Crippen molar-refractivity contribution in [2.75, 3.05) is 0 Å². The van der Waals surface area contributed by atoms with Crippen LogP contribution in [0.4, 0.5) is 0 Å². The molecule has 0 aliphatic heterocycles. The lowest BCUT2D eigenvalue weighted by Gasteiger charge is -2.18. The lowest BCUT2D eigenvalue weighted by atomic mass is 10.1. The van der Waals surface area contributed by atoms with Crippen molar-refractivity contribution in [1.82, 2.24) is 5.01 Å². The Morgan fingerprint density at radius 1 is 1.31 bits per heavy atom. The minimum atomic E-state index is 0.237. The first-order chi connectivity index (χ1) is 5.91. The highest BCUT2D eigenvalue weighted by Crippen LogP contribution is 2.20. The Hall–Kier alpha value is -1.17. The molecule has 0 radical (unpaired) electrons. The van der Waals surface area contributed by atoms with Gasteiger partial charge in [0.05, 0.1) is 4.95 Å². The maximum Gasteiger partial charge on any atom is 0.305 e. The van der Waals surface area contributed by atoms with Crippen LogP contribution in [-0.4, -0.2) is 11.1 Å². The van der Waals surface area contributed by atoms with Crippen molar-refractivity contribution in [2.24, 2.45) is 11.7 Å². The molecule has 0 saturated carbocycles. The molecular formula is C10H20N3+. The van der Waals surface area contributed by atoms with Gasteiger partial charge in [-0.15, -0.1) is 0 Å². The lowest BCUT2D eigenvalue weighted by Crippen LogP contribution is -2.28. The molecule has 0 spiro atoms. The van der Waals surface area contributed by atoms with Crippen molar-refractivity contribution >= 4 is 0 Å². The van der Waals surface area contributed by atoms with Crippen LogP contribution >= 0.6 is 0 Å². The Kier molecular flexibility index (Phi) is 4.33. The van der Waals surface area contributed by atoms with Crippen molar-refractivity contribution in [3.05, 3.63) is 16.3 Å². The number of hydrogen-bond acceptors (Lipinski definition) is 2. The first-order valence-corrected chi connectivity index (χ1v) is 4.58. The summed E-state index contributed by atoms with van der Waals surface area (Å²) < 4.78 is 0. The van der Waals surface area contributed by atoms with Crippen molar-refractivity contribution < 1.29 is 0 Å². The van der Waals surface area contributed by atoms with Gasteiger partial charge in [0.25, 0.3) is 0 Å². The summed E-state index contributed by atoms with van der Waals surface area (Å²) in [5.41, 5.74) is 7.55. The van der Waals surface area contributed by atoms with Crippen LogP contribution in [0, 0.1) is 12.5 Å². The molecule has 3 nitrogen and oxygen atoms in total. The summed E-state index contributed by atoms with van der Waals surface area (Å²) in [6, 6.07) is 0.237. The van der Waals surface area contributed by atoms with Crippen LogP contribution in [0.25, 0.3) is 4.95 Å². The van der Waals surface area contributed by atoms with E-state index in [1.807, 2.05) is 20.8 Å². The summed E-state index contributed by atoms with van der Waals surface area (Å²) in [6.07, 6.45) is 0. The predicted octanol–water partition coefficient (Wildman–Crippen LogP) is 2.42. The number of allylic oxidation sites excluding steroid dienone is 2. The molecule has 0 unspecified atom stereocenters. The van der Waals surface area contributed by atoms with Gasteiger partial charge in [-0.25, -0.2) is 0 Å². The highest BCUT2D eigenvalue weighted by Gasteiger charge is 2.24. The molecule has 0 heterocycles. The fraction of sp³-hybridized carbons (Fsp3) is 0.700. The normalized spacial score (nSPS) is 12.8. The molecule has 0 aliphatic carbocycles. The third kappa shape index (κ3) is 2.98. The van der Waals surface area contributed by atoms with Gasteiger partial charge in [-0.05, 0) is 25.8 Å². The third-order valence-electron chi connectivity index (χ3n) is 1.81. The summed E-state index contributed by atoms with van der Waals surface area (Å²) in [6.45, 7) is 15.4. The average molecular weight is 182 g/mol. The Bertz CT molecular complexity index is 229. The standard InChI is InChI=1S/C10H20N3/c1-7(2)10(9(5)11)13(12-6)8(3)4/h6-8H,11H2,1-5H3/q+1/b10-9-. The minimum Gasteiger partial charge on any atom is -0.401 e. The number of nitrogens with two attached hydrogens (primary N) is 1. The molecule has 13 heavy (non-hydrogen) atoms. The second kappa shape index (κ2) is 4.76. The molecule has 0 fully saturated rings. The lowest BCUT2D eigenvalue weighted by molar-refractivity contribution is 0.340. The summed E-state index contributed by atoms with van der Waals surface area (Å²) in [7, 11) is 0. The predicted molar refractivity (Wildman–Crippen MR) is 57.0 cm³/mol. The number of rotatable bonds is 3. The van der Waals surface area contributed by atoms with Crippen molar-refractivity contribution in [1.29, 1.82) is 0 Å². The zero-order valence-electron chi connectivity index (χ0n) is 9.20. The van der Waals surface area contributed by atoms with E-state index < -0.39 is 0 Å². The molecule has 0 saturated heterocycles. The van der Waals surface area contributed by atoms with Crippen LogP contribution in [0.3, 0.4) is 0 Å². The van der Waals surface area contributed by atoms with E-state index in [1.54, 1.807) is 5.01 Å². The van der Waals surface area contributed by atoms with E-state index in [2.05, 4.69) is 18.8 Å². The van der Waals surface area contributed by atoms with Gasteiger partial charge in [-0.1, -0.05) is 13.8 Å². The number of hydrogen-bond donors (Lipinski definition) is 1. The maximum atomic E-state index is 5.77. The molecule has 0 aliphatic rings. The van der Waals surface area contributed by atoms with E-state index in [1.165, 1.54) is 0 Å². The minimum absolute atomic E-state index is 0.237. The molecule has 0 aromatic carbocycles. The zero-order valence-corrected chi connectivity index (χ0v) is 9.20. The molecule has 0 aromatic rings. The summed E-state index contributed by atoms with van der Waals surface area (Å²) >= 11 is 0. The quantitative estimate of drug-likeness (QED) is 0.680. The van der Waals surface area contributed by atoms with Crippen molar-refractivity contribution in [3.63, 3.8) is 0 Å². The first kappa shape index (κ1) is 11.8. The molecule has 2 N–H and O–H groups in total. The Morgan fingerprint density at radius 2 is 1.77 bits per heavy atom. The van der Waals surface area contributed by atoms with E-state index >= 15 is 0 Å². The SMILES string of the molecule is C#[N+]N(/C(=C(/C)N)C(C)C)C(C)C. The summed E-state index contributed by atoms with van der Waals surface area (Å²) in [4.78, 5) is 3.73. The van der Waals surface area contributed by atoms with Gasteiger partial charge >= 0.3 is 6.57 Å². The third-order valence-corrected chi connectivity index (χ3v) is 1.81. The highest BCUT2D eigenvalue weighted by molar-refractivity contribution is 5.12. The fourth-order valence-corrected chi connectivity index (χ4v) is 1.37. The molecule has 74 valence electrons. The topological polar surface area (TPSA) is 33.6 Å². The summed E-state index contributed by atoms with van der Waals surface area (Å²) in [5.74, 6) is 0.333. The van der Waals surface area contributed by atoms with Gasteiger partial charge in [-0.2, -0.15) is 0 Å². The molecular weight excluding hydrogens is 162 g/mol. The van der Waals surface area contributed by atoms with E-state index in [0.29, 0.717) is 5.92 Å². The Labute approximate surface area is 81.0 Å². The van der Waals surface area contributed by atoms with E-state index in [0.717, 1.165) is 11.4 Å². The van der Waals surface area contributed by atoms with Crippen LogP contribution in [0.15, 0.2) is 11.4 Å². The number of nitrogens with zero attached hydrogens (tertiary/aromatic N) is 2. The summed E-state index contributed by atoms with van der Waals surface area (Å²) in [5, 5.41) is 1.76. The van der Waals surface area contributed by atoms with Crippen LogP contribution < -0.4 is 5.73 Å². The molecule has 0 aromatic heterocycles. The van der Waals surface area contributed by atoms with Crippen molar-refractivity contribution in [3.8, 4) is 6.57 Å². The second-order valence-corrected chi connectivity index (χ2v) is 3.78. The van der Waals surface area contributed by atoms with Gasteiger partial charge in [0.15, 0.2) is 0 Å². The van der Waals surface area contributed by atoms with Gasteiger partial charge in [-0.3, -0.25) is 0 Å². The smallest absolute Gasteiger partial charge is 0.305 e. The first-order valence-electron chi connectivity index (χ1n) is 4.58. The highest BCUT2D eigenvalue weighted by atomic mass is 15.5. The molecule has 0 amide bonds. The Morgan fingerprint density at radius 3 is 1.85 bits per heavy atom. The van der Waals surface area contributed by atoms with E-state index in [-0.39, 0.29) is 6.04 Å². The molecule has 3 heteroatoms. The molecule has 0 bridgehead atoms. The molecule has 0 rings (SSSR count). The van der Waals surface area contributed by atoms with Crippen LogP contribution in [-0.2, 0) is 0 Å². The van der Waals surface area contributed by atoms with Gasteiger partial charge in [0.1, 0.15) is 11.7 Å². The van der Waals surface area contributed by atoms with Gasteiger partial charge in [0, 0.05) is 11.6 Å². The monoisotopic (exact) mass is 182 g/mol. The van der Waals surface area contributed by atoms with Gasteiger partial charge in [0.2, 0.25) is 0 Å². The van der Waals surface area contributed by atoms with E-state index in [4.69, 9.17) is 12.3 Å². The second-order valence-electron chi connectivity index (χ2n) is 3.78. The molecule has 0 atom stereocenters. The van der Waals surface area contributed by atoms with Crippen LogP contribution in [0.2, 0.25) is 0 Å². The fourth-order valence-electron chi connectivity index (χ4n) is 1.37. The zero-order chi connectivity index (χ0) is 10.6. The van der Waals surface area contributed by atoms with Crippen LogP contribution in [0.5, 0.6) is 0 Å². The van der Waals surface area contributed by atoms with E-state index in [9.17, 15) is 0 Å². The average Bonchev–Trinajstić information content (AvgIpc) is 1.97.